The number of benzene rings is 1. The Hall–Kier alpha value is -2.36. The van der Waals surface area contributed by atoms with Crippen LogP contribution in [0.25, 0.3) is 11.1 Å². The summed E-state index contributed by atoms with van der Waals surface area (Å²) >= 11 is 0. The highest BCUT2D eigenvalue weighted by atomic mass is 16.5. The molecule has 1 N–H and O–H groups in total. The maximum atomic E-state index is 12.1. The first kappa shape index (κ1) is 15.0. The molecule has 0 fully saturated rings. The number of ether oxygens (including phenoxy) is 1. The molecule has 2 aromatic rings. The Kier molecular flexibility index (Phi) is 4.58. The number of nitrogens with zero attached hydrogens (tertiary/aromatic N) is 1. The van der Waals surface area contributed by atoms with Crippen LogP contribution in [-0.4, -0.2) is 23.2 Å². The fraction of sp³-hybridized carbons (Fsp3) is 0.294. The van der Waals surface area contributed by atoms with Crippen LogP contribution < -0.4 is 0 Å². The zero-order valence-electron chi connectivity index (χ0n) is 12.5. The topological polar surface area (TPSA) is 59.4 Å². The Labute approximate surface area is 124 Å². The van der Waals surface area contributed by atoms with Gasteiger partial charge in [0.25, 0.3) is 0 Å². The second-order valence-corrected chi connectivity index (χ2v) is 4.91. The average Bonchev–Trinajstić information content (AvgIpc) is 2.52. The first-order chi connectivity index (χ1) is 10.1. The van der Waals surface area contributed by atoms with Gasteiger partial charge in [-0.2, -0.15) is 0 Å². The molecule has 0 atom stereocenters. The lowest BCUT2D eigenvalue weighted by Crippen LogP contribution is -2.07. The molecular formula is C17H19NO3. The van der Waals surface area contributed by atoms with Gasteiger partial charge in [-0.25, -0.2) is 4.79 Å². The van der Waals surface area contributed by atoms with E-state index in [-0.39, 0.29) is 11.3 Å². The molecule has 0 aliphatic carbocycles. The van der Waals surface area contributed by atoms with Gasteiger partial charge in [0.15, 0.2) is 0 Å². The zero-order valence-corrected chi connectivity index (χ0v) is 12.5. The summed E-state index contributed by atoms with van der Waals surface area (Å²) in [6, 6.07) is 5.58. The van der Waals surface area contributed by atoms with Crippen molar-refractivity contribution in [2.75, 3.05) is 7.11 Å². The predicted molar refractivity (Wildman–Crippen MR) is 81.4 cm³/mol. The molecule has 0 saturated heterocycles. The van der Waals surface area contributed by atoms with E-state index in [1.54, 1.807) is 12.4 Å². The van der Waals surface area contributed by atoms with E-state index in [2.05, 4.69) is 11.9 Å². The van der Waals surface area contributed by atoms with Crippen LogP contribution in [0.15, 0.2) is 30.6 Å². The van der Waals surface area contributed by atoms with E-state index in [4.69, 9.17) is 4.74 Å². The summed E-state index contributed by atoms with van der Waals surface area (Å²) in [6.07, 6.45) is 5.13. The molecule has 0 aliphatic heterocycles. The number of carbonyl (C=O) groups excluding carboxylic acids is 1. The maximum absolute atomic E-state index is 12.1. The summed E-state index contributed by atoms with van der Waals surface area (Å²) in [7, 11) is 1.31. The lowest BCUT2D eigenvalue weighted by atomic mass is 9.91. The molecule has 4 heteroatoms. The van der Waals surface area contributed by atoms with Crippen LogP contribution in [0.2, 0.25) is 0 Å². The number of methoxy groups -OCH3 is 1. The molecule has 0 spiro atoms. The van der Waals surface area contributed by atoms with Crippen molar-refractivity contribution in [2.24, 2.45) is 0 Å². The molecule has 0 aliphatic rings. The standard InChI is InChI=1S/C17H19NO3/c1-4-5-13-10-14(12-6-8-18-9-7-12)15(17(20)21-3)16(19)11(13)2/h6-10,19H,4-5H2,1-3H3. The van der Waals surface area contributed by atoms with Gasteiger partial charge >= 0.3 is 5.97 Å². The van der Waals surface area contributed by atoms with Crippen LogP contribution in [0.5, 0.6) is 5.75 Å². The molecule has 1 heterocycles. The second-order valence-electron chi connectivity index (χ2n) is 4.91. The zero-order chi connectivity index (χ0) is 15.4. The van der Waals surface area contributed by atoms with E-state index in [1.807, 2.05) is 25.1 Å². The fourth-order valence-corrected chi connectivity index (χ4v) is 2.42. The van der Waals surface area contributed by atoms with Crippen molar-refractivity contribution in [3.63, 3.8) is 0 Å². The number of phenolic OH excluding ortho intramolecular Hbond substituents is 1. The van der Waals surface area contributed by atoms with Crippen molar-refractivity contribution < 1.29 is 14.6 Å². The van der Waals surface area contributed by atoms with Crippen molar-refractivity contribution in [2.45, 2.75) is 26.7 Å². The molecule has 110 valence electrons. The minimum Gasteiger partial charge on any atom is -0.507 e. The Morgan fingerprint density at radius 2 is 2.00 bits per heavy atom. The lowest BCUT2D eigenvalue weighted by molar-refractivity contribution is 0.0598. The van der Waals surface area contributed by atoms with E-state index in [0.29, 0.717) is 5.56 Å². The third-order valence-electron chi connectivity index (χ3n) is 3.56. The van der Waals surface area contributed by atoms with Crippen molar-refractivity contribution in [1.29, 1.82) is 0 Å². The number of hydrogen-bond donors (Lipinski definition) is 1. The Bertz CT molecular complexity index is 651. The van der Waals surface area contributed by atoms with Gasteiger partial charge in [-0.3, -0.25) is 4.98 Å². The van der Waals surface area contributed by atoms with Crippen LogP contribution in [0, 0.1) is 6.92 Å². The van der Waals surface area contributed by atoms with Crippen LogP contribution in [0.3, 0.4) is 0 Å². The first-order valence-electron chi connectivity index (χ1n) is 6.94. The predicted octanol–water partition coefficient (Wildman–Crippen LogP) is 3.50. The highest BCUT2D eigenvalue weighted by Gasteiger charge is 2.22. The molecule has 0 saturated carbocycles. The molecule has 1 aromatic heterocycles. The number of phenols is 1. The summed E-state index contributed by atoms with van der Waals surface area (Å²) in [5.41, 5.74) is 3.49. The summed E-state index contributed by atoms with van der Waals surface area (Å²) in [5, 5.41) is 10.4. The molecular weight excluding hydrogens is 266 g/mol. The quantitative estimate of drug-likeness (QED) is 0.873. The molecule has 4 nitrogen and oxygen atoms in total. The monoisotopic (exact) mass is 285 g/mol. The Balaban J connectivity index is 2.73. The molecule has 0 bridgehead atoms. The van der Waals surface area contributed by atoms with Gasteiger partial charge in [0.1, 0.15) is 11.3 Å². The van der Waals surface area contributed by atoms with Crippen LogP contribution >= 0.6 is 0 Å². The highest BCUT2D eigenvalue weighted by molar-refractivity contribution is 6.00. The smallest absolute Gasteiger partial charge is 0.342 e. The number of aromatic hydroxyl groups is 1. The minimum absolute atomic E-state index is 0.000359. The number of hydrogen-bond acceptors (Lipinski definition) is 4. The Morgan fingerprint density at radius 1 is 1.33 bits per heavy atom. The second kappa shape index (κ2) is 6.39. The molecule has 0 amide bonds. The SMILES string of the molecule is CCCc1cc(-c2ccncc2)c(C(=O)OC)c(O)c1C. The number of aryl methyl sites for hydroxylation is 1. The average molecular weight is 285 g/mol. The minimum atomic E-state index is -0.537. The first-order valence-corrected chi connectivity index (χ1v) is 6.94. The van der Waals surface area contributed by atoms with Gasteiger partial charge in [-0.15, -0.1) is 0 Å². The number of esters is 1. The van der Waals surface area contributed by atoms with Gasteiger partial charge in [0, 0.05) is 18.0 Å². The van der Waals surface area contributed by atoms with Crippen molar-refractivity contribution >= 4 is 5.97 Å². The summed E-state index contributed by atoms with van der Waals surface area (Å²) in [5.74, 6) is -0.537. The maximum Gasteiger partial charge on any atom is 0.342 e. The van der Waals surface area contributed by atoms with Gasteiger partial charge in [-0.05, 0) is 48.2 Å². The molecule has 2 rings (SSSR count). The number of carbonyl (C=O) groups is 1. The van der Waals surface area contributed by atoms with E-state index >= 15 is 0 Å². The van der Waals surface area contributed by atoms with E-state index in [9.17, 15) is 9.90 Å². The van der Waals surface area contributed by atoms with Crippen molar-refractivity contribution in [3.8, 4) is 16.9 Å². The Morgan fingerprint density at radius 3 is 2.57 bits per heavy atom. The van der Waals surface area contributed by atoms with Gasteiger partial charge < -0.3 is 9.84 Å². The van der Waals surface area contributed by atoms with Crippen LogP contribution in [0.1, 0.15) is 34.8 Å². The lowest BCUT2D eigenvalue weighted by Gasteiger charge is -2.16. The summed E-state index contributed by atoms with van der Waals surface area (Å²) < 4.78 is 4.82. The van der Waals surface area contributed by atoms with Gasteiger partial charge in [-0.1, -0.05) is 13.3 Å². The normalized spacial score (nSPS) is 10.4. The third kappa shape index (κ3) is 2.89. The van der Waals surface area contributed by atoms with E-state index < -0.39 is 5.97 Å². The largest absolute Gasteiger partial charge is 0.507 e. The van der Waals surface area contributed by atoms with Gasteiger partial charge in [0.05, 0.1) is 7.11 Å². The molecule has 1 aromatic carbocycles. The molecule has 0 unspecified atom stereocenters. The van der Waals surface area contributed by atoms with E-state index in [0.717, 1.165) is 29.5 Å². The van der Waals surface area contributed by atoms with Crippen LogP contribution in [-0.2, 0) is 11.2 Å². The van der Waals surface area contributed by atoms with E-state index in [1.165, 1.54) is 7.11 Å². The van der Waals surface area contributed by atoms with Gasteiger partial charge in [0.2, 0.25) is 0 Å². The molecule has 21 heavy (non-hydrogen) atoms. The highest BCUT2D eigenvalue weighted by Crippen LogP contribution is 2.36. The fourth-order valence-electron chi connectivity index (χ4n) is 2.42. The van der Waals surface area contributed by atoms with Crippen molar-refractivity contribution in [3.05, 3.63) is 47.3 Å². The number of aromatic nitrogens is 1. The molecule has 0 radical (unpaired) electrons. The third-order valence-corrected chi connectivity index (χ3v) is 3.56. The summed E-state index contributed by atoms with van der Waals surface area (Å²) in [4.78, 5) is 16.0. The summed E-state index contributed by atoms with van der Waals surface area (Å²) in [6.45, 7) is 3.90. The number of pyridine rings is 1. The van der Waals surface area contributed by atoms with Crippen LogP contribution in [0.4, 0.5) is 0 Å². The number of rotatable bonds is 4. The van der Waals surface area contributed by atoms with Crippen molar-refractivity contribution in [1.82, 2.24) is 4.98 Å².